The van der Waals surface area contributed by atoms with Crippen molar-refractivity contribution in [2.24, 2.45) is 0 Å². The lowest BCUT2D eigenvalue weighted by molar-refractivity contribution is -0.132. The van der Waals surface area contributed by atoms with Crippen molar-refractivity contribution in [2.75, 3.05) is 12.0 Å². The van der Waals surface area contributed by atoms with E-state index in [1.165, 1.54) is 12.0 Å². The van der Waals surface area contributed by atoms with E-state index in [4.69, 9.17) is 16.3 Å². The molecule has 0 saturated carbocycles. The first-order chi connectivity index (χ1) is 16.9. The second-order valence-electron chi connectivity index (χ2n) is 8.43. The van der Waals surface area contributed by atoms with Gasteiger partial charge in [-0.3, -0.25) is 14.5 Å². The number of benzene rings is 4. The fourth-order valence-electron chi connectivity index (χ4n) is 4.64. The molecule has 5 rings (SSSR count). The molecule has 5 nitrogen and oxygen atoms in total. The molecule has 1 heterocycles. The fourth-order valence-corrected chi connectivity index (χ4v) is 4.89. The highest BCUT2D eigenvalue weighted by molar-refractivity contribution is 6.52. The number of hydrogen-bond donors (Lipinski definition) is 1. The van der Waals surface area contributed by atoms with Gasteiger partial charge in [-0.1, -0.05) is 83.9 Å². The first-order valence-electron chi connectivity index (χ1n) is 11.1. The topological polar surface area (TPSA) is 66.8 Å². The molecule has 1 fully saturated rings. The van der Waals surface area contributed by atoms with Crippen LogP contribution >= 0.6 is 11.6 Å². The molecule has 0 spiro atoms. The number of aryl methyl sites for hydroxylation is 1. The van der Waals surface area contributed by atoms with Crippen molar-refractivity contribution in [3.63, 3.8) is 0 Å². The molecule has 1 saturated heterocycles. The van der Waals surface area contributed by atoms with Crippen molar-refractivity contribution in [2.45, 2.75) is 13.0 Å². The molecule has 1 N–H and O–H groups in total. The highest BCUT2D eigenvalue weighted by atomic mass is 35.5. The minimum absolute atomic E-state index is 0.0314. The van der Waals surface area contributed by atoms with Crippen LogP contribution in [0.5, 0.6) is 5.75 Å². The molecule has 4 aromatic rings. The van der Waals surface area contributed by atoms with Gasteiger partial charge in [-0.2, -0.15) is 0 Å². The van der Waals surface area contributed by atoms with E-state index in [2.05, 4.69) is 0 Å². The molecule has 0 bridgehead atoms. The Morgan fingerprint density at radius 3 is 2.43 bits per heavy atom. The van der Waals surface area contributed by atoms with Crippen molar-refractivity contribution >= 4 is 45.5 Å². The number of hydrogen-bond acceptors (Lipinski definition) is 4. The van der Waals surface area contributed by atoms with E-state index < -0.39 is 17.7 Å². The number of aliphatic hydroxyl groups is 1. The number of carbonyl (C=O) groups excluding carboxylic acids is 2. The van der Waals surface area contributed by atoms with Gasteiger partial charge in [0.25, 0.3) is 11.7 Å². The zero-order valence-corrected chi connectivity index (χ0v) is 19.9. The van der Waals surface area contributed by atoms with Crippen LogP contribution in [0.2, 0.25) is 5.02 Å². The van der Waals surface area contributed by atoms with E-state index in [1.54, 1.807) is 24.3 Å². The molecule has 174 valence electrons. The van der Waals surface area contributed by atoms with Gasteiger partial charge in [-0.25, -0.2) is 0 Å². The largest absolute Gasteiger partial charge is 0.507 e. The zero-order chi connectivity index (χ0) is 24.7. The summed E-state index contributed by atoms with van der Waals surface area (Å²) in [5.41, 5.74) is 2.63. The maximum atomic E-state index is 13.4. The number of halogens is 1. The van der Waals surface area contributed by atoms with Crippen LogP contribution in [0.4, 0.5) is 5.69 Å². The fraction of sp³-hybridized carbons (Fsp3) is 0.103. The number of Topliss-reactive ketones (excluding diaryl/α,β-unsaturated/α-hetero) is 1. The monoisotopic (exact) mass is 483 g/mol. The highest BCUT2D eigenvalue weighted by Crippen LogP contribution is 2.44. The number of methoxy groups -OCH3 is 1. The summed E-state index contributed by atoms with van der Waals surface area (Å²) in [4.78, 5) is 28.2. The van der Waals surface area contributed by atoms with Gasteiger partial charge in [-0.05, 0) is 41.5 Å². The summed E-state index contributed by atoms with van der Waals surface area (Å²) in [7, 11) is 1.50. The van der Waals surface area contributed by atoms with E-state index in [1.807, 2.05) is 67.6 Å². The van der Waals surface area contributed by atoms with Gasteiger partial charge in [0.1, 0.15) is 11.5 Å². The standard InChI is InChI=1S/C29H22ClNO4/c1-17-7-5-10-19(15-17)26-25(27(32)22-12-6-9-18-8-3-4-11-21(18)22)28(33)29(34)31(26)20-13-14-24(35-2)23(30)16-20/h3-16,26,32H,1-2H3/b27-25-. The van der Waals surface area contributed by atoms with E-state index in [9.17, 15) is 14.7 Å². The van der Waals surface area contributed by atoms with Crippen molar-refractivity contribution in [1.82, 2.24) is 0 Å². The third-order valence-electron chi connectivity index (χ3n) is 6.26. The molecule has 6 heteroatoms. The van der Waals surface area contributed by atoms with Gasteiger partial charge >= 0.3 is 0 Å². The predicted molar refractivity (Wildman–Crippen MR) is 138 cm³/mol. The number of rotatable bonds is 4. The lowest BCUT2D eigenvalue weighted by Crippen LogP contribution is -2.29. The molecule has 1 atom stereocenters. The summed E-state index contributed by atoms with van der Waals surface area (Å²) in [6.07, 6.45) is 0. The van der Waals surface area contributed by atoms with E-state index in [0.29, 0.717) is 27.6 Å². The van der Waals surface area contributed by atoms with E-state index in [0.717, 1.165) is 16.3 Å². The first-order valence-corrected chi connectivity index (χ1v) is 11.5. The van der Waals surface area contributed by atoms with Crippen LogP contribution in [-0.4, -0.2) is 23.9 Å². The third kappa shape index (κ3) is 3.84. The van der Waals surface area contributed by atoms with Crippen molar-refractivity contribution in [1.29, 1.82) is 0 Å². The maximum Gasteiger partial charge on any atom is 0.300 e. The Morgan fingerprint density at radius 2 is 1.69 bits per heavy atom. The van der Waals surface area contributed by atoms with Crippen molar-refractivity contribution in [3.8, 4) is 5.75 Å². The summed E-state index contributed by atoms with van der Waals surface area (Å²) in [5.74, 6) is -1.25. The van der Waals surface area contributed by atoms with Crippen LogP contribution in [-0.2, 0) is 9.59 Å². The number of amides is 1. The Kier molecular flexibility index (Phi) is 5.79. The molecule has 1 unspecified atom stereocenters. The molecule has 0 aromatic heterocycles. The predicted octanol–water partition coefficient (Wildman–Crippen LogP) is 6.44. The normalized spacial score (nSPS) is 17.2. The van der Waals surface area contributed by atoms with Gasteiger partial charge in [0, 0.05) is 11.3 Å². The van der Waals surface area contributed by atoms with Crippen LogP contribution in [0.1, 0.15) is 22.7 Å². The Labute approximate surface area is 207 Å². The second kappa shape index (κ2) is 8.93. The SMILES string of the molecule is COc1ccc(N2C(=O)C(=O)/C(=C(\O)c3cccc4ccccc34)C2c2cccc(C)c2)cc1Cl. The number of carbonyl (C=O) groups is 2. The Hall–Kier alpha value is -4.09. The number of anilines is 1. The van der Waals surface area contributed by atoms with Crippen molar-refractivity contribution in [3.05, 3.63) is 112 Å². The number of ketones is 1. The van der Waals surface area contributed by atoms with Crippen LogP contribution in [0, 0.1) is 6.92 Å². The molecular weight excluding hydrogens is 462 g/mol. The Balaban J connectivity index is 1.77. The van der Waals surface area contributed by atoms with Gasteiger partial charge < -0.3 is 9.84 Å². The molecule has 4 aromatic carbocycles. The van der Waals surface area contributed by atoms with Crippen LogP contribution in [0.15, 0.2) is 90.5 Å². The quantitative estimate of drug-likeness (QED) is 0.206. The van der Waals surface area contributed by atoms with Gasteiger partial charge in [0.15, 0.2) is 0 Å². The van der Waals surface area contributed by atoms with E-state index in [-0.39, 0.29) is 11.3 Å². The van der Waals surface area contributed by atoms with Crippen molar-refractivity contribution < 1.29 is 19.4 Å². The first kappa shape index (κ1) is 22.7. The molecule has 35 heavy (non-hydrogen) atoms. The second-order valence-corrected chi connectivity index (χ2v) is 8.84. The van der Waals surface area contributed by atoms with Crippen LogP contribution in [0.3, 0.4) is 0 Å². The number of nitrogens with zero attached hydrogens (tertiary/aromatic N) is 1. The third-order valence-corrected chi connectivity index (χ3v) is 6.56. The summed E-state index contributed by atoms with van der Waals surface area (Å²) in [6.45, 7) is 1.94. The number of fused-ring (bicyclic) bond motifs is 1. The summed E-state index contributed by atoms with van der Waals surface area (Å²) < 4.78 is 5.24. The molecule has 1 aliphatic heterocycles. The minimum atomic E-state index is -0.835. The maximum absolute atomic E-state index is 13.4. The smallest absolute Gasteiger partial charge is 0.300 e. The van der Waals surface area contributed by atoms with Crippen LogP contribution in [0.25, 0.3) is 16.5 Å². The van der Waals surface area contributed by atoms with Gasteiger partial charge in [0.05, 0.1) is 23.7 Å². The Morgan fingerprint density at radius 1 is 0.943 bits per heavy atom. The summed E-state index contributed by atoms with van der Waals surface area (Å²) >= 11 is 6.36. The molecule has 1 aliphatic rings. The average molecular weight is 484 g/mol. The molecular formula is C29H22ClNO4. The van der Waals surface area contributed by atoms with Gasteiger partial charge in [0.2, 0.25) is 0 Å². The van der Waals surface area contributed by atoms with E-state index >= 15 is 0 Å². The summed E-state index contributed by atoms with van der Waals surface area (Å²) in [6, 6.07) is 24.7. The molecule has 0 aliphatic carbocycles. The zero-order valence-electron chi connectivity index (χ0n) is 19.2. The molecule has 1 amide bonds. The van der Waals surface area contributed by atoms with Gasteiger partial charge in [-0.15, -0.1) is 0 Å². The lowest BCUT2D eigenvalue weighted by Gasteiger charge is -2.26. The number of aliphatic hydroxyl groups excluding tert-OH is 1. The minimum Gasteiger partial charge on any atom is -0.507 e. The lowest BCUT2D eigenvalue weighted by atomic mass is 9.92. The number of ether oxygens (including phenoxy) is 1. The molecule has 0 radical (unpaired) electrons. The average Bonchev–Trinajstić information content (AvgIpc) is 3.13. The highest BCUT2D eigenvalue weighted by Gasteiger charge is 2.47. The summed E-state index contributed by atoms with van der Waals surface area (Å²) in [5, 5.41) is 13.6. The Bertz CT molecular complexity index is 1520. The van der Waals surface area contributed by atoms with Crippen LogP contribution < -0.4 is 9.64 Å².